The Bertz CT molecular complexity index is 1400. The van der Waals surface area contributed by atoms with Crippen molar-refractivity contribution in [1.29, 1.82) is 0 Å². The van der Waals surface area contributed by atoms with Gasteiger partial charge in [-0.1, -0.05) is 31.4 Å². The highest BCUT2D eigenvalue weighted by atomic mass is 19.4. The van der Waals surface area contributed by atoms with Crippen LogP contribution in [0, 0.1) is 10.1 Å². The first-order valence-corrected chi connectivity index (χ1v) is 13.6. The van der Waals surface area contributed by atoms with Crippen LogP contribution in [0.25, 0.3) is 0 Å². The number of rotatable bonds is 7. The van der Waals surface area contributed by atoms with Crippen LogP contribution in [0.3, 0.4) is 0 Å². The Kier molecular flexibility index (Phi) is 8.44. The molecule has 2 aliphatic rings. The summed E-state index contributed by atoms with van der Waals surface area (Å²) >= 11 is 0. The Balaban J connectivity index is 1.39. The molecule has 5 rings (SSSR count). The first-order chi connectivity index (χ1) is 19.7. The number of carbonyl (C=O) groups excluding carboxylic acids is 1. The van der Waals surface area contributed by atoms with Crippen molar-refractivity contribution in [1.82, 2.24) is 0 Å². The summed E-state index contributed by atoms with van der Waals surface area (Å²) in [5.74, 6) is 0.0948. The summed E-state index contributed by atoms with van der Waals surface area (Å²) in [4.78, 5) is 26.2. The van der Waals surface area contributed by atoms with Crippen molar-refractivity contribution in [3.05, 3.63) is 87.5 Å². The molecule has 216 valence electrons. The number of hydrogen-bond acceptors (Lipinski definition) is 6. The molecular formula is C30H30F3N3O5. The van der Waals surface area contributed by atoms with E-state index in [1.54, 1.807) is 17.0 Å². The van der Waals surface area contributed by atoms with E-state index in [2.05, 4.69) is 5.32 Å². The van der Waals surface area contributed by atoms with Gasteiger partial charge in [0.15, 0.2) is 5.75 Å². The molecule has 0 unspecified atom stereocenters. The predicted molar refractivity (Wildman–Crippen MR) is 148 cm³/mol. The molecule has 1 N–H and O–H groups in total. The third-order valence-electron chi connectivity index (χ3n) is 7.53. The molecule has 2 fully saturated rings. The van der Waals surface area contributed by atoms with Gasteiger partial charge in [-0.3, -0.25) is 14.9 Å². The fraction of sp³-hybridized carbons (Fsp3) is 0.367. The number of amides is 1. The third kappa shape index (κ3) is 6.79. The Morgan fingerprint density at radius 1 is 0.976 bits per heavy atom. The molecule has 41 heavy (non-hydrogen) atoms. The van der Waals surface area contributed by atoms with Crippen LogP contribution in [0.15, 0.2) is 60.7 Å². The Hall–Kier alpha value is -4.12. The van der Waals surface area contributed by atoms with Gasteiger partial charge >= 0.3 is 6.18 Å². The smallest absolute Gasteiger partial charge is 0.416 e. The SMILES string of the molecule is O=C(Nc1cc(C(F)(F)F)ccc1Oc1ccc(C2CCCCC2)cc1)c1ccc(N2CCOCC2)c([N+](=O)[O-])c1. The summed E-state index contributed by atoms with van der Waals surface area (Å²) in [5.41, 5.74) is 0.00397. The first kappa shape index (κ1) is 28.4. The van der Waals surface area contributed by atoms with Crippen LogP contribution in [0.4, 0.5) is 30.2 Å². The van der Waals surface area contributed by atoms with Gasteiger partial charge in [0.1, 0.15) is 11.4 Å². The van der Waals surface area contributed by atoms with Crippen molar-refractivity contribution in [2.75, 3.05) is 36.5 Å². The van der Waals surface area contributed by atoms with Gasteiger partial charge in [0.25, 0.3) is 11.6 Å². The zero-order valence-electron chi connectivity index (χ0n) is 22.3. The van der Waals surface area contributed by atoms with Crippen molar-refractivity contribution < 1.29 is 32.4 Å². The highest BCUT2D eigenvalue weighted by Gasteiger charge is 2.32. The molecule has 0 bridgehead atoms. The number of morpholine rings is 1. The summed E-state index contributed by atoms with van der Waals surface area (Å²) in [6, 6.07) is 14.3. The molecule has 1 saturated carbocycles. The van der Waals surface area contributed by atoms with Crippen LogP contribution in [0.5, 0.6) is 11.5 Å². The maximum Gasteiger partial charge on any atom is 0.416 e. The van der Waals surface area contributed by atoms with E-state index in [9.17, 15) is 28.1 Å². The van der Waals surface area contributed by atoms with E-state index in [1.165, 1.54) is 37.0 Å². The van der Waals surface area contributed by atoms with E-state index in [0.717, 1.165) is 37.1 Å². The number of nitrogens with zero attached hydrogens (tertiary/aromatic N) is 2. The predicted octanol–water partition coefficient (Wildman–Crippen LogP) is 7.54. The molecule has 1 aliphatic heterocycles. The molecule has 3 aromatic carbocycles. The maximum atomic E-state index is 13.5. The Morgan fingerprint density at radius 3 is 2.34 bits per heavy atom. The van der Waals surface area contributed by atoms with Crippen molar-refractivity contribution in [3.8, 4) is 11.5 Å². The van der Waals surface area contributed by atoms with E-state index in [-0.39, 0.29) is 22.7 Å². The highest BCUT2D eigenvalue weighted by Crippen LogP contribution is 2.39. The van der Waals surface area contributed by atoms with Crippen molar-refractivity contribution in [2.24, 2.45) is 0 Å². The largest absolute Gasteiger partial charge is 0.455 e. The van der Waals surface area contributed by atoms with E-state index < -0.39 is 22.6 Å². The van der Waals surface area contributed by atoms with Gasteiger partial charge < -0.3 is 19.7 Å². The van der Waals surface area contributed by atoms with Crippen LogP contribution in [0.1, 0.15) is 59.5 Å². The van der Waals surface area contributed by atoms with Gasteiger partial charge in [0.05, 0.1) is 29.4 Å². The van der Waals surface area contributed by atoms with Gasteiger partial charge in [-0.15, -0.1) is 0 Å². The van der Waals surface area contributed by atoms with Crippen molar-refractivity contribution in [2.45, 2.75) is 44.2 Å². The summed E-state index contributed by atoms with van der Waals surface area (Å²) < 4.78 is 51.8. The van der Waals surface area contributed by atoms with Gasteiger partial charge in [0, 0.05) is 24.7 Å². The monoisotopic (exact) mass is 569 g/mol. The lowest BCUT2D eigenvalue weighted by atomic mass is 9.84. The number of alkyl halides is 3. The van der Waals surface area contributed by atoms with Crippen LogP contribution >= 0.6 is 0 Å². The molecule has 0 spiro atoms. The van der Waals surface area contributed by atoms with Crippen LogP contribution < -0.4 is 15.0 Å². The van der Waals surface area contributed by atoms with E-state index >= 15 is 0 Å². The molecule has 0 radical (unpaired) electrons. The Morgan fingerprint density at radius 2 is 1.68 bits per heavy atom. The molecular weight excluding hydrogens is 539 g/mol. The number of benzene rings is 3. The standard InChI is InChI=1S/C30H30F3N3O5/c31-30(32,33)23-9-13-28(41-24-10-6-21(7-11-24)20-4-2-1-3-5-20)25(19-23)34-29(37)22-8-12-26(27(18-22)36(38)39)35-14-16-40-17-15-35/h6-13,18-20H,1-5,14-17H2,(H,34,37). The summed E-state index contributed by atoms with van der Waals surface area (Å²) in [6.07, 6.45) is 1.22. The zero-order valence-corrected chi connectivity index (χ0v) is 22.3. The molecule has 1 heterocycles. The minimum atomic E-state index is -4.65. The summed E-state index contributed by atoms with van der Waals surface area (Å²) in [6.45, 7) is 1.75. The van der Waals surface area contributed by atoms with E-state index in [4.69, 9.17) is 9.47 Å². The molecule has 1 saturated heterocycles. The minimum Gasteiger partial charge on any atom is -0.455 e. The second-order valence-electron chi connectivity index (χ2n) is 10.2. The van der Waals surface area contributed by atoms with Crippen molar-refractivity contribution >= 4 is 23.0 Å². The number of nitro groups is 1. The lowest BCUT2D eigenvalue weighted by Crippen LogP contribution is -2.36. The second-order valence-corrected chi connectivity index (χ2v) is 10.2. The molecule has 0 aromatic heterocycles. The molecule has 1 aliphatic carbocycles. The summed E-state index contributed by atoms with van der Waals surface area (Å²) in [7, 11) is 0. The minimum absolute atomic E-state index is 0.0104. The van der Waals surface area contributed by atoms with Gasteiger partial charge in [0.2, 0.25) is 0 Å². The van der Waals surface area contributed by atoms with Crippen LogP contribution in [0.2, 0.25) is 0 Å². The number of anilines is 2. The molecule has 0 atom stereocenters. The number of hydrogen-bond donors (Lipinski definition) is 1. The van der Waals surface area contributed by atoms with Crippen LogP contribution in [-0.2, 0) is 10.9 Å². The first-order valence-electron chi connectivity index (χ1n) is 13.6. The molecule has 8 nitrogen and oxygen atoms in total. The van der Waals surface area contributed by atoms with Crippen LogP contribution in [-0.4, -0.2) is 37.1 Å². The highest BCUT2D eigenvalue weighted by molar-refractivity contribution is 6.06. The average Bonchev–Trinajstić information content (AvgIpc) is 2.98. The van der Waals surface area contributed by atoms with Gasteiger partial charge in [-0.05, 0) is 66.8 Å². The average molecular weight is 570 g/mol. The van der Waals surface area contributed by atoms with E-state index in [1.807, 2.05) is 12.1 Å². The molecule has 1 amide bonds. The van der Waals surface area contributed by atoms with Gasteiger partial charge in [-0.25, -0.2) is 0 Å². The third-order valence-corrected chi connectivity index (χ3v) is 7.53. The number of ether oxygens (including phenoxy) is 2. The van der Waals surface area contributed by atoms with E-state index in [0.29, 0.717) is 43.7 Å². The Labute approximate surface area is 235 Å². The molecule has 11 heteroatoms. The fourth-order valence-corrected chi connectivity index (χ4v) is 5.34. The number of halogens is 3. The lowest BCUT2D eigenvalue weighted by molar-refractivity contribution is -0.384. The topological polar surface area (TPSA) is 93.9 Å². The fourth-order valence-electron chi connectivity index (χ4n) is 5.34. The maximum absolute atomic E-state index is 13.5. The quantitative estimate of drug-likeness (QED) is 0.233. The van der Waals surface area contributed by atoms with Gasteiger partial charge in [-0.2, -0.15) is 13.2 Å². The number of nitrogens with one attached hydrogen (secondary N) is 1. The number of carbonyl (C=O) groups is 1. The lowest BCUT2D eigenvalue weighted by Gasteiger charge is -2.28. The molecule has 3 aromatic rings. The normalized spacial score (nSPS) is 16.3. The summed E-state index contributed by atoms with van der Waals surface area (Å²) in [5, 5.41) is 14.3. The second kappa shape index (κ2) is 12.2. The zero-order chi connectivity index (χ0) is 29.0. The van der Waals surface area contributed by atoms with Crippen molar-refractivity contribution in [3.63, 3.8) is 0 Å². The number of nitro benzene ring substituents is 1.